The van der Waals surface area contributed by atoms with Gasteiger partial charge in [0.2, 0.25) is 0 Å². The molecule has 0 aliphatic rings. The summed E-state index contributed by atoms with van der Waals surface area (Å²) in [5.74, 6) is -1.58. The summed E-state index contributed by atoms with van der Waals surface area (Å²) in [6, 6.07) is 1.07. The second-order valence-electron chi connectivity index (χ2n) is 2.97. The van der Waals surface area contributed by atoms with Crippen molar-refractivity contribution in [2.24, 2.45) is 0 Å². The van der Waals surface area contributed by atoms with Gasteiger partial charge in [-0.05, 0) is 19.9 Å². The number of Topliss-reactive ketones (excluding diaryl/α,β-unsaturated/α-hetero) is 1. The van der Waals surface area contributed by atoms with Crippen LogP contribution in [0.15, 0.2) is 6.07 Å². The molecule has 0 spiro atoms. The van der Waals surface area contributed by atoms with Crippen LogP contribution in [0.4, 0.5) is 4.39 Å². The Morgan fingerprint density at radius 1 is 1.57 bits per heavy atom. The van der Waals surface area contributed by atoms with Gasteiger partial charge in [0.1, 0.15) is 0 Å². The number of methoxy groups -OCH3 is 1. The van der Waals surface area contributed by atoms with Crippen molar-refractivity contribution < 1.29 is 19.0 Å². The molecule has 1 N–H and O–H groups in total. The highest BCUT2D eigenvalue weighted by Gasteiger charge is 2.17. The number of phenols is 1. The molecule has 0 atom stereocenters. The molecule has 1 aromatic carbocycles. The van der Waals surface area contributed by atoms with E-state index in [1.165, 1.54) is 21.0 Å². The van der Waals surface area contributed by atoms with Crippen LogP contribution in [-0.4, -0.2) is 18.0 Å². The molecule has 0 aromatic heterocycles. The van der Waals surface area contributed by atoms with Crippen molar-refractivity contribution in [1.29, 1.82) is 0 Å². The number of carbonyl (C=O) groups excluding carboxylic acids is 1. The molecule has 3 nitrogen and oxygen atoms in total. The highest BCUT2D eigenvalue weighted by Crippen LogP contribution is 2.34. The minimum Gasteiger partial charge on any atom is -0.504 e. The second kappa shape index (κ2) is 3.65. The first-order chi connectivity index (χ1) is 6.49. The van der Waals surface area contributed by atoms with Crippen LogP contribution in [0.5, 0.6) is 11.5 Å². The smallest absolute Gasteiger partial charge is 0.196 e. The van der Waals surface area contributed by atoms with Crippen molar-refractivity contribution in [1.82, 2.24) is 0 Å². The normalized spacial score (nSPS) is 10.0. The highest BCUT2D eigenvalue weighted by atomic mass is 19.1. The zero-order chi connectivity index (χ0) is 10.9. The Hall–Kier alpha value is -1.58. The van der Waals surface area contributed by atoms with Crippen LogP contribution >= 0.6 is 0 Å². The third-order valence-corrected chi connectivity index (χ3v) is 2.05. The maximum absolute atomic E-state index is 13.2. The lowest BCUT2D eigenvalue weighted by Crippen LogP contribution is -2.00. The zero-order valence-electron chi connectivity index (χ0n) is 8.22. The monoisotopic (exact) mass is 198 g/mol. The standard InChI is InChI=1S/C10H11FO3/c1-5-7(6(2)12)4-8(11)10(14-3)9(5)13/h4,13H,1-3H3. The molecule has 0 radical (unpaired) electrons. The minimum absolute atomic E-state index is 0.167. The quantitative estimate of drug-likeness (QED) is 0.740. The molecule has 0 heterocycles. The van der Waals surface area contributed by atoms with Crippen molar-refractivity contribution in [2.75, 3.05) is 7.11 Å². The van der Waals surface area contributed by atoms with Crippen molar-refractivity contribution in [3.8, 4) is 11.5 Å². The SMILES string of the molecule is COc1c(F)cc(C(C)=O)c(C)c1O. The molecule has 0 unspecified atom stereocenters. The van der Waals surface area contributed by atoms with E-state index in [9.17, 15) is 14.3 Å². The summed E-state index contributed by atoms with van der Waals surface area (Å²) >= 11 is 0. The second-order valence-corrected chi connectivity index (χ2v) is 2.97. The summed E-state index contributed by atoms with van der Waals surface area (Å²) in [4.78, 5) is 11.1. The first-order valence-corrected chi connectivity index (χ1v) is 4.06. The number of rotatable bonds is 2. The summed E-state index contributed by atoms with van der Waals surface area (Å²) in [6.07, 6.45) is 0. The molecule has 1 rings (SSSR count). The third kappa shape index (κ3) is 1.55. The van der Waals surface area contributed by atoms with Gasteiger partial charge in [0.15, 0.2) is 23.1 Å². The van der Waals surface area contributed by atoms with E-state index in [1.807, 2.05) is 0 Å². The molecular weight excluding hydrogens is 187 g/mol. The molecule has 76 valence electrons. The first-order valence-electron chi connectivity index (χ1n) is 4.06. The Bertz CT molecular complexity index is 385. The first kappa shape index (κ1) is 10.5. The van der Waals surface area contributed by atoms with Crippen LogP contribution < -0.4 is 4.74 Å². The summed E-state index contributed by atoms with van der Waals surface area (Å²) in [5.41, 5.74) is 0.497. The fourth-order valence-corrected chi connectivity index (χ4v) is 1.27. The Kier molecular flexibility index (Phi) is 2.74. The van der Waals surface area contributed by atoms with Gasteiger partial charge in [-0.25, -0.2) is 4.39 Å². The van der Waals surface area contributed by atoms with Crippen molar-refractivity contribution >= 4 is 5.78 Å². The summed E-state index contributed by atoms with van der Waals surface area (Å²) in [6.45, 7) is 2.85. The van der Waals surface area contributed by atoms with Gasteiger partial charge in [0.25, 0.3) is 0 Å². The predicted molar refractivity (Wildman–Crippen MR) is 49.4 cm³/mol. The largest absolute Gasteiger partial charge is 0.504 e. The lowest BCUT2D eigenvalue weighted by atomic mass is 10.0. The van der Waals surface area contributed by atoms with Gasteiger partial charge < -0.3 is 9.84 Å². The van der Waals surface area contributed by atoms with Crippen molar-refractivity contribution in [2.45, 2.75) is 13.8 Å². The lowest BCUT2D eigenvalue weighted by molar-refractivity contribution is 0.101. The van der Waals surface area contributed by atoms with Gasteiger partial charge in [-0.3, -0.25) is 4.79 Å². The number of hydrogen-bond donors (Lipinski definition) is 1. The molecule has 0 fully saturated rings. The number of ketones is 1. The van der Waals surface area contributed by atoms with E-state index in [4.69, 9.17) is 0 Å². The van der Waals surface area contributed by atoms with E-state index in [2.05, 4.69) is 4.74 Å². The average Bonchev–Trinajstić information content (AvgIpc) is 2.12. The highest BCUT2D eigenvalue weighted by molar-refractivity contribution is 5.96. The topological polar surface area (TPSA) is 46.5 Å². The number of hydrogen-bond acceptors (Lipinski definition) is 3. The number of ether oxygens (including phenoxy) is 1. The zero-order valence-corrected chi connectivity index (χ0v) is 8.22. The summed E-state index contributed by atoms with van der Waals surface area (Å²) in [7, 11) is 1.25. The van der Waals surface area contributed by atoms with Gasteiger partial charge in [-0.15, -0.1) is 0 Å². The van der Waals surface area contributed by atoms with Crippen molar-refractivity contribution in [3.63, 3.8) is 0 Å². The molecular formula is C10H11FO3. The van der Waals surface area contributed by atoms with Crippen LogP contribution in [0, 0.1) is 12.7 Å². The Morgan fingerprint density at radius 3 is 2.57 bits per heavy atom. The maximum Gasteiger partial charge on any atom is 0.196 e. The maximum atomic E-state index is 13.2. The number of aromatic hydroxyl groups is 1. The van der Waals surface area contributed by atoms with Gasteiger partial charge in [0.05, 0.1) is 7.11 Å². The molecule has 1 aromatic rings. The fraction of sp³-hybridized carbons (Fsp3) is 0.300. The van der Waals surface area contributed by atoms with Crippen LogP contribution in [0.25, 0.3) is 0 Å². The van der Waals surface area contributed by atoms with E-state index in [0.29, 0.717) is 5.56 Å². The number of carbonyl (C=O) groups is 1. The number of benzene rings is 1. The van der Waals surface area contributed by atoms with Crippen molar-refractivity contribution in [3.05, 3.63) is 23.0 Å². The molecule has 0 aliphatic heterocycles. The van der Waals surface area contributed by atoms with Crippen LogP contribution in [-0.2, 0) is 0 Å². The van der Waals surface area contributed by atoms with Gasteiger partial charge in [-0.2, -0.15) is 0 Å². The molecule has 0 saturated carbocycles. The predicted octanol–water partition coefficient (Wildman–Crippen LogP) is 2.05. The van der Waals surface area contributed by atoms with Gasteiger partial charge >= 0.3 is 0 Å². The average molecular weight is 198 g/mol. The summed E-state index contributed by atoms with van der Waals surface area (Å²) in [5, 5.41) is 9.49. The molecule has 0 bridgehead atoms. The lowest BCUT2D eigenvalue weighted by Gasteiger charge is -2.10. The third-order valence-electron chi connectivity index (χ3n) is 2.05. The molecule has 0 amide bonds. The number of halogens is 1. The van der Waals surface area contributed by atoms with E-state index in [0.717, 1.165) is 6.07 Å². The van der Waals surface area contributed by atoms with E-state index in [-0.39, 0.29) is 22.8 Å². The molecule has 14 heavy (non-hydrogen) atoms. The van der Waals surface area contributed by atoms with E-state index in [1.54, 1.807) is 0 Å². The Labute approximate surface area is 81.1 Å². The van der Waals surface area contributed by atoms with E-state index < -0.39 is 5.82 Å². The molecule has 0 aliphatic carbocycles. The van der Waals surface area contributed by atoms with Crippen LogP contribution in [0.3, 0.4) is 0 Å². The van der Waals surface area contributed by atoms with E-state index >= 15 is 0 Å². The fourth-order valence-electron chi connectivity index (χ4n) is 1.27. The Morgan fingerprint density at radius 2 is 2.14 bits per heavy atom. The summed E-state index contributed by atoms with van der Waals surface area (Å²) < 4.78 is 17.9. The van der Waals surface area contributed by atoms with Crippen LogP contribution in [0.1, 0.15) is 22.8 Å². The van der Waals surface area contributed by atoms with Gasteiger partial charge in [-0.1, -0.05) is 0 Å². The van der Waals surface area contributed by atoms with Crippen LogP contribution in [0.2, 0.25) is 0 Å². The number of phenolic OH excluding ortho intramolecular Hbond substituents is 1. The molecule has 0 saturated heterocycles. The molecule has 4 heteroatoms. The van der Waals surface area contributed by atoms with Gasteiger partial charge in [0, 0.05) is 11.1 Å². The minimum atomic E-state index is -0.735. The Balaban J connectivity index is 3.47.